The highest BCUT2D eigenvalue weighted by molar-refractivity contribution is 5.85. The highest BCUT2D eigenvalue weighted by atomic mass is 19.4. The van der Waals surface area contributed by atoms with E-state index in [1.54, 1.807) is 0 Å². The van der Waals surface area contributed by atoms with Crippen molar-refractivity contribution in [3.63, 3.8) is 0 Å². The molecule has 0 aliphatic carbocycles. The van der Waals surface area contributed by atoms with E-state index in [0.29, 0.717) is 0 Å². The molecule has 13 heteroatoms. The summed E-state index contributed by atoms with van der Waals surface area (Å²) in [6.07, 6.45) is -12.0. The molecule has 4 unspecified atom stereocenters. The standard InChI is InChI=1S/C12H14F6O7/c1-3-23-7(19)5-6(8(20)24-4-2)10(22,12(16,17)18)25-9(5,21)11(13,14)15/h5-6,21-22H,3-4H2,1-2H3. The number of rotatable bonds is 4. The van der Waals surface area contributed by atoms with E-state index in [9.17, 15) is 46.1 Å². The van der Waals surface area contributed by atoms with Crippen molar-refractivity contribution < 1.29 is 60.4 Å². The molecule has 146 valence electrons. The molecule has 0 aromatic carbocycles. The van der Waals surface area contributed by atoms with Gasteiger partial charge in [-0.05, 0) is 13.8 Å². The van der Waals surface area contributed by atoms with E-state index in [0.717, 1.165) is 13.8 Å². The monoisotopic (exact) mass is 384 g/mol. The van der Waals surface area contributed by atoms with Crippen LogP contribution in [-0.2, 0) is 23.8 Å². The third-order valence-electron chi connectivity index (χ3n) is 3.38. The minimum absolute atomic E-state index is 0.580. The second kappa shape index (κ2) is 6.61. The van der Waals surface area contributed by atoms with Crippen molar-refractivity contribution in [1.29, 1.82) is 0 Å². The van der Waals surface area contributed by atoms with Gasteiger partial charge in [-0.25, -0.2) is 0 Å². The van der Waals surface area contributed by atoms with E-state index >= 15 is 0 Å². The number of ether oxygens (including phenoxy) is 3. The number of esters is 2. The minimum atomic E-state index is -5.98. The number of alkyl halides is 6. The van der Waals surface area contributed by atoms with Gasteiger partial charge in [0.2, 0.25) is 0 Å². The summed E-state index contributed by atoms with van der Waals surface area (Å²) in [6, 6.07) is 0. The summed E-state index contributed by atoms with van der Waals surface area (Å²) in [7, 11) is 0. The van der Waals surface area contributed by atoms with E-state index in [-0.39, 0.29) is 0 Å². The van der Waals surface area contributed by atoms with Gasteiger partial charge >= 0.3 is 24.3 Å². The van der Waals surface area contributed by atoms with Gasteiger partial charge in [-0.1, -0.05) is 0 Å². The van der Waals surface area contributed by atoms with Crippen molar-refractivity contribution in [2.75, 3.05) is 13.2 Å². The molecule has 1 saturated heterocycles. The van der Waals surface area contributed by atoms with Gasteiger partial charge in [-0.2, -0.15) is 26.3 Å². The minimum Gasteiger partial charge on any atom is -0.466 e. The Bertz CT molecular complexity index is 487. The average molecular weight is 384 g/mol. The number of carbonyl (C=O) groups excluding carboxylic acids is 2. The van der Waals surface area contributed by atoms with Crippen molar-refractivity contribution in [3.05, 3.63) is 0 Å². The number of halogens is 6. The Morgan fingerprint density at radius 1 is 0.880 bits per heavy atom. The predicted molar refractivity (Wildman–Crippen MR) is 63.3 cm³/mol. The molecule has 2 N–H and O–H groups in total. The van der Waals surface area contributed by atoms with Crippen LogP contribution in [0, 0.1) is 11.8 Å². The van der Waals surface area contributed by atoms with Crippen molar-refractivity contribution >= 4 is 11.9 Å². The molecule has 25 heavy (non-hydrogen) atoms. The van der Waals surface area contributed by atoms with Crippen LogP contribution in [0.15, 0.2) is 0 Å². The van der Waals surface area contributed by atoms with Crippen LogP contribution < -0.4 is 0 Å². The summed E-state index contributed by atoms with van der Waals surface area (Å²) < 4.78 is 90.7. The summed E-state index contributed by atoms with van der Waals surface area (Å²) in [5.74, 6) is -20.3. The molecule has 0 radical (unpaired) electrons. The van der Waals surface area contributed by atoms with Crippen LogP contribution in [0.4, 0.5) is 26.3 Å². The zero-order valence-corrected chi connectivity index (χ0v) is 12.8. The van der Waals surface area contributed by atoms with E-state index in [4.69, 9.17) is 0 Å². The Balaban J connectivity index is 3.64. The van der Waals surface area contributed by atoms with Crippen molar-refractivity contribution in [2.24, 2.45) is 11.8 Å². The molecule has 0 amide bonds. The molecule has 1 heterocycles. The lowest BCUT2D eigenvalue weighted by Gasteiger charge is -2.31. The molecule has 0 spiro atoms. The third kappa shape index (κ3) is 3.40. The second-order valence-electron chi connectivity index (χ2n) is 4.95. The lowest BCUT2D eigenvalue weighted by Crippen LogP contribution is -2.55. The molecular weight excluding hydrogens is 370 g/mol. The third-order valence-corrected chi connectivity index (χ3v) is 3.38. The smallest absolute Gasteiger partial charge is 0.444 e. The number of hydrogen-bond acceptors (Lipinski definition) is 7. The quantitative estimate of drug-likeness (QED) is 0.548. The normalized spacial score (nSPS) is 33.2. The Labute approximate surface area is 136 Å². The molecule has 1 rings (SSSR count). The number of carbonyl (C=O) groups is 2. The Morgan fingerprint density at radius 2 is 1.16 bits per heavy atom. The summed E-state index contributed by atoms with van der Waals surface area (Å²) >= 11 is 0. The van der Waals surface area contributed by atoms with Crippen LogP contribution in [0.5, 0.6) is 0 Å². The van der Waals surface area contributed by atoms with E-state index in [2.05, 4.69) is 14.2 Å². The first-order chi connectivity index (χ1) is 11.2. The zero-order valence-electron chi connectivity index (χ0n) is 12.8. The molecule has 4 atom stereocenters. The van der Waals surface area contributed by atoms with Crippen LogP contribution in [0.2, 0.25) is 0 Å². The largest absolute Gasteiger partial charge is 0.466 e. The first kappa shape index (κ1) is 21.4. The predicted octanol–water partition coefficient (Wildman–Crippen LogP) is 0.877. The lowest BCUT2D eigenvalue weighted by atomic mass is 9.82. The maximum absolute atomic E-state index is 13.1. The fourth-order valence-electron chi connectivity index (χ4n) is 2.34. The van der Waals surface area contributed by atoms with Gasteiger partial charge in [0.1, 0.15) is 11.8 Å². The molecular formula is C12H14F6O7. The van der Waals surface area contributed by atoms with Crippen LogP contribution in [-0.4, -0.2) is 59.3 Å². The van der Waals surface area contributed by atoms with Gasteiger partial charge in [0, 0.05) is 0 Å². The summed E-state index contributed by atoms with van der Waals surface area (Å²) in [4.78, 5) is 23.6. The summed E-state index contributed by atoms with van der Waals surface area (Å²) in [5, 5.41) is 19.3. The number of hydrogen-bond donors (Lipinski definition) is 2. The van der Waals surface area contributed by atoms with Crippen LogP contribution in [0.1, 0.15) is 13.8 Å². The van der Waals surface area contributed by atoms with E-state index in [1.807, 2.05) is 0 Å². The fraction of sp³-hybridized carbons (Fsp3) is 0.833. The number of aliphatic hydroxyl groups is 2. The topological polar surface area (TPSA) is 102 Å². The molecule has 0 aromatic heterocycles. The van der Waals surface area contributed by atoms with Crippen molar-refractivity contribution in [1.82, 2.24) is 0 Å². The lowest BCUT2D eigenvalue weighted by molar-refractivity contribution is -0.444. The molecule has 0 bridgehead atoms. The van der Waals surface area contributed by atoms with Gasteiger partial charge in [0.05, 0.1) is 13.2 Å². The first-order valence-corrected chi connectivity index (χ1v) is 6.79. The molecule has 7 nitrogen and oxygen atoms in total. The highest BCUT2D eigenvalue weighted by Gasteiger charge is 2.83. The van der Waals surface area contributed by atoms with Gasteiger partial charge in [0.15, 0.2) is 0 Å². The fourth-order valence-corrected chi connectivity index (χ4v) is 2.34. The SMILES string of the molecule is CCOC(=O)C1C(C(=O)OCC)C(O)(C(F)(F)F)OC1(O)C(F)(F)F. The summed E-state index contributed by atoms with van der Waals surface area (Å²) in [6.45, 7) is 1.08. The Hall–Kier alpha value is -1.60. The first-order valence-electron chi connectivity index (χ1n) is 6.79. The zero-order chi connectivity index (χ0) is 19.8. The van der Waals surface area contributed by atoms with Gasteiger partial charge in [-0.15, -0.1) is 0 Å². The summed E-state index contributed by atoms with van der Waals surface area (Å²) in [5.41, 5.74) is 0. The Kier molecular flexibility index (Phi) is 5.67. The molecule has 1 fully saturated rings. The maximum atomic E-state index is 13.1. The van der Waals surface area contributed by atoms with E-state index < -0.39 is 60.9 Å². The molecule has 0 aromatic rings. The van der Waals surface area contributed by atoms with Gasteiger partial charge in [0.25, 0.3) is 11.6 Å². The highest BCUT2D eigenvalue weighted by Crippen LogP contribution is 2.57. The average Bonchev–Trinajstić information content (AvgIpc) is 2.68. The van der Waals surface area contributed by atoms with Crippen LogP contribution in [0.3, 0.4) is 0 Å². The second-order valence-corrected chi connectivity index (χ2v) is 4.95. The van der Waals surface area contributed by atoms with Crippen molar-refractivity contribution in [3.8, 4) is 0 Å². The van der Waals surface area contributed by atoms with Gasteiger partial charge < -0.3 is 24.4 Å². The maximum Gasteiger partial charge on any atom is 0.444 e. The van der Waals surface area contributed by atoms with E-state index in [1.165, 1.54) is 0 Å². The molecule has 0 saturated carbocycles. The van der Waals surface area contributed by atoms with Crippen molar-refractivity contribution in [2.45, 2.75) is 37.8 Å². The molecule has 1 aliphatic heterocycles. The van der Waals surface area contributed by atoms with Gasteiger partial charge in [-0.3, -0.25) is 9.59 Å². The Morgan fingerprint density at radius 3 is 1.36 bits per heavy atom. The molecule has 1 aliphatic rings. The van der Waals surface area contributed by atoms with Crippen LogP contribution in [0.25, 0.3) is 0 Å². The van der Waals surface area contributed by atoms with Crippen LogP contribution >= 0.6 is 0 Å².